The van der Waals surface area contributed by atoms with Crippen LogP contribution in [0, 0.1) is 0 Å². The van der Waals surface area contributed by atoms with Gasteiger partial charge in [-0.2, -0.15) is 0 Å². The van der Waals surface area contributed by atoms with Crippen LogP contribution in [0.3, 0.4) is 0 Å². The third-order valence-corrected chi connectivity index (χ3v) is 7.83. The van der Waals surface area contributed by atoms with Gasteiger partial charge in [0.1, 0.15) is 0 Å². The summed E-state index contributed by atoms with van der Waals surface area (Å²) in [6.45, 7) is 5.39. The minimum absolute atomic E-state index is 0.218. The molecule has 0 N–H and O–H groups in total. The van der Waals surface area contributed by atoms with Crippen LogP contribution in [0.2, 0.25) is 0 Å². The Morgan fingerprint density at radius 1 is 0.941 bits per heavy atom. The Labute approximate surface area is 111 Å². The molecule has 6 nitrogen and oxygen atoms in total. The van der Waals surface area contributed by atoms with Gasteiger partial charge in [-0.05, 0) is 0 Å². The number of phosphoric ester groups is 1. The first-order valence-electron chi connectivity index (χ1n) is 5.44. The Kier molecular flexibility index (Phi) is 9.49. The van der Waals surface area contributed by atoms with Crippen molar-refractivity contribution in [1.29, 1.82) is 0 Å². The molecule has 0 unspecified atom stereocenters. The van der Waals surface area contributed by atoms with Crippen LogP contribution in [0.15, 0.2) is 0 Å². The van der Waals surface area contributed by atoms with Crippen LogP contribution < -0.4 is 0 Å². The summed E-state index contributed by atoms with van der Waals surface area (Å²) in [6, 6.07) is 0. The quantitative estimate of drug-likeness (QED) is 0.444. The van der Waals surface area contributed by atoms with Gasteiger partial charge >= 0.3 is 111 Å². The molecule has 0 heterocycles. The zero-order valence-electron chi connectivity index (χ0n) is 10.6. The minimum atomic E-state index is -3.63. The zero-order valence-corrected chi connectivity index (χ0v) is 14.1. The van der Waals surface area contributed by atoms with Crippen molar-refractivity contribution in [2.75, 3.05) is 26.4 Å². The molecule has 103 valence electrons. The summed E-state index contributed by atoms with van der Waals surface area (Å²) in [6.07, 6.45) is 0. The van der Waals surface area contributed by atoms with Crippen molar-refractivity contribution in [3.8, 4) is 0 Å². The van der Waals surface area contributed by atoms with Crippen molar-refractivity contribution in [2.24, 2.45) is 0 Å². The molecule has 0 fully saturated rings. The number of hydrogen-bond donors (Lipinski definition) is 0. The van der Waals surface area contributed by atoms with E-state index in [1.54, 1.807) is 27.7 Å². The molecule has 0 spiro atoms. The Hall–Kier alpha value is 0.979. The van der Waals surface area contributed by atoms with Crippen molar-refractivity contribution < 1.29 is 27.0 Å². The molecule has 0 aromatic rings. The second-order valence-corrected chi connectivity index (χ2v) is 8.94. The standard InChI is InChI=1S/C8H20O6P2Se/c1-5-10-15(9,11-6-2)14-16(17,12-7-3)13-8-4/h5-8H2,1-4H3/q+1. The predicted molar refractivity (Wildman–Crippen MR) is 67.9 cm³/mol. The van der Waals surface area contributed by atoms with E-state index in [1.165, 1.54) is 0 Å². The molecule has 1 radical (unpaired) electrons. The molecular weight excluding hydrogens is 333 g/mol. The van der Waals surface area contributed by atoms with Gasteiger partial charge in [-0.1, -0.05) is 0 Å². The summed E-state index contributed by atoms with van der Waals surface area (Å²) in [5.41, 5.74) is 0. The molecule has 0 atom stereocenters. The zero-order chi connectivity index (χ0) is 13.4. The molecule has 0 bridgehead atoms. The van der Waals surface area contributed by atoms with E-state index in [2.05, 4.69) is 15.6 Å². The Bertz CT molecular complexity index is 236. The normalized spacial score (nSPS) is 13.0. The predicted octanol–water partition coefficient (Wildman–Crippen LogP) is 3.10. The molecule has 0 amide bonds. The van der Waals surface area contributed by atoms with Gasteiger partial charge in [0.05, 0.1) is 0 Å². The van der Waals surface area contributed by atoms with Gasteiger partial charge in [0.25, 0.3) is 0 Å². The van der Waals surface area contributed by atoms with Gasteiger partial charge in [-0.25, -0.2) is 0 Å². The molecule has 0 aliphatic rings. The second-order valence-electron chi connectivity index (χ2n) is 2.65. The molecule has 0 saturated carbocycles. The number of phosphoric acid groups is 1. The van der Waals surface area contributed by atoms with Crippen molar-refractivity contribution in [1.82, 2.24) is 0 Å². The van der Waals surface area contributed by atoms with E-state index in [4.69, 9.17) is 22.4 Å². The van der Waals surface area contributed by atoms with Gasteiger partial charge in [0, 0.05) is 0 Å². The van der Waals surface area contributed by atoms with Gasteiger partial charge < -0.3 is 0 Å². The SMILES string of the molecule is CCOP(=O)(OCC)O[P+]([Se])(OCC)OCC. The average molecular weight is 353 g/mol. The summed E-state index contributed by atoms with van der Waals surface area (Å²) >= 11 is 2.68. The monoisotopic (exact) mass is 354 g/mol. The second kappa shape index (κ2) is 8.97. The van der Waals surface area contributed by atoms with Gasteiger partial charge in [-0.3, -0.25) is 0 Å². The summed E-state index contributed by atoms with van der Waals surface area (Å²) in [4.78, 5) is 0. The van der Waals surface area contributed by atoms with Crippen LogP contribution in [0.5, 0.6) is 0 Å². The fourth-order valence-electron chi connectivity index (χ4n) is 0.924. The maximum atomic E-state index is 12.2. The van der Waals surface area contributed by atoms with E-state index in [0.29, 0.717) is 13.2 Å². The molecule has 0 aliphatic carbocycles. The van der Waals surface area contributed by atoms with E-state index in [1.807, 2.05) is 0 Å². The van der Waals surface area contributed by atoms with E-state index in [9.17, 15) is 4.57 Å². The van der Waals surface area contributed by atoms with Crippen molar-refractivity contribution in [3.63, 3.8) is 0 Å². The Morgan fingerprint density at radius 3 is 1.65 bits per heavy atom. The van der Waals surface area contributed by atoms with Crippen LogP contribution in [0.25, 0.3) is 0 Å². The molecular formula is C8H20O6P2Se+. The van der Waals surface area contributed by atoms with E-state index >= 15 is 0 Å². The summed E-state index contributed by atoms with van der Waals surface area (Å²) in [7, 11) is -3.63. The molecule has 17 heavy (non-hydrogen) atoms. The van der Waals surface area contributed by atoms with Crippen molar-refractivity contribution in [2.45, 2.75) is 27.7 Å². The summed E-state index contributed by atoms with van der Waals surface area (Å²) < 4.78 is 38.2. The van der Waals surface area contributed by atoms with E-state index < -0.39 is 14.5 Å². The third kappa shape index (κ3) is 7.22. The maximum absolute atomic E-state index is 12.2. The molecule has 0 aromatic carbocycles. The van der Waals surface area contributed by atoms with Crippen molar-refractivity contribution >= 4 is 30.0 Å². The molecule has 9 heteroatoms. The number of hydrogen-bond acceptors (Lipinski definition) is 6. The van der Waals surface area contributed by atoms with Gasteiger partial charge in [0.2, 0.25) is 0 Å². The number of rotatable bonds is 10. The Morgan fingerprint density at radius 2 is 1.35 bits per heavy atom. The van der Waals surface area contributed by atoms with Crippen LogP contribution in [-0.2, 0) is 27.0 Å². The van der Waals surface area contributed by atoms with Crippen LogP contribution in [-0.4, -0.2) is 42.0 Å². The first kappa shape index (κ1) is 18.0. The topological polar surface area (TPSA) is 63.2 Å². The van der Waals surface area contributed by atoms with Gasteiger partial charge in [0.15, 0.2) is 0 Å². The fourth-order valence-corrected chi connectivity index (χ4v) is 6.94. The molecule has 0 aromatic heterocycles. The van der Waals surface area contributed by atoms with Crippen LogP contribution in [0.1, 0.15) is 27.7 Å². The molecule has 0 saturated heterocycles. The molecule has 0 rings (SSSR count). The molecule has 0 aliphatic heterocycles. The van der Waals surface area contributed by atoms with E-state index in [0.717, 1.165) is 0 Å². The Balaban J connectivity index is 4.72. The van der Waals surface area contributed by atoms with Crippen molar-refractivity contribution in [3.05, 3.63) is 0 Å². The fraction of sp³-hybridized carbons (Fsp3) is 1.00. The average Bonchev–Trinajstić information content (AvgIpc) is 2.17. The van der Waals surface area contributed by atoms with Crippen LogP contribution in [0.4, 0.5) is 0 Å². The van der Waals surface area contributed by atoms with E-state index in [-0.39, 0.29) is 13.2 Å². The van der Waals surface area contributed by atoms with Gasteiger partial charge in [-0.15, -0.1) is 0 Å². The summed E-state index contributed by atoms with van der Waals surface area (Å²) in [5.74, 6) is 0. The third-order valence-electron chi connectivity index (χ3n) is 1.35. The first-order valence-corrected chi connectivity index (χ1v) is 10.7. The van der Waals surface area contributed by atoms with Crippen LogP contribution >= 0.6 is 14.5 Å². The summed E-state index contributed by atoms with van der Waals surface area (Å²) in [5, 5.41) is 0. The first-order chi connectivity index (χ1) is 7.95.